The van der Waals surface area contributed by atoms with Gasteiger partial charge in [0.1, 0.15) is 12.4 Å². The van der Waals surface area contributed by atoms with Gasteiger partial charge >= 0.3 is 0 Å². The van der Waals surface area contributed by atoms with E-state index in [1.165, 1.54) is 0 Å². The number of carbonyl (C=O) groups is 1. The summed E-state index contributed by atoms with van der Waals surface area (Å²) >= 11 is 17.0. The summed E-state index contributed by atoms with van der Waals surface area (Å²) in [6.45, 7) is 0.239. The third-order valence-corrected chi connectivity index (χ3v) is 4.51. The van der Waals surface area contributed by atoms with Crippen LogP contribution in [0.1, 0.15) is 15.9 Å². The number of benzene rings is 3. The Balaban J connectivity index is 1.63. The molecule has 3 rings (SSSR count). The fourth-order valence-corrected chi connectivity index (χ4v) is 2.89. The molecule has 3 aromatic rings. The molecule has 2 N–H and O–H groups in total. The first-order valence-corrected chi connectivity index (χ1v) is 9.52. The molecule has 0 saturated carbocycles. The number of rotatable bonds is 5. The molecule has 0 heterocycles. The molecule has 0 atom stereocenters. The fraction of sp³-hybridized carbons (Fsp3) is 0.0476. The van der Waals surface area contributed by atoms with E-state index < -0.39 is 0 Å². The summed E-state index contributed by atoms with van der Waals surface area (Å²) < 4.78 is 5.75. The van der Waals surface area contributed by atoms with E-state index in [1.54, 1.807) is 60.7 Å². The van der Waals surface area contributed by atoms with Crippen molar-refractivity contribution in [3.05, 3.63) is 94.0 Å². The van der Waals surface area contributed by atoms with Gasteiger partial charge in [0.2, 0.25) is 0 Å². The van der Waals surface area contributed by atoms with Crippen molar-refractivity contribution in [1.29, 1.82) is 0 Å². The maximum atomic E-state index is 12.6. The average Bonchev–Trinajstić information content (AvgIpc) is 2.69. The zero-order chi connectivity index (χ0) is 19.9. The van der Waals surface area contributed by atoms with Crippen molar-refractivity contribution in [2.75, 3.05) is 5.32 Å². The summed E-state index contributed by atoms with van der Waals surface area (Å²) in [6.07, 6.45) is 0. The summed E-state index contributed by atoms with van der Waals surface area (Å²) in [7, 11) is 0. The zero-order valence-electron chi connectivity index (χ0n) is 14.6. The molecule has 4 nitrogen and oxygen atoms in total. The number of thiocarbonyl (C=S) groups is 1. The number of amides is 1. The Morgan fingerprint density at radius 3 is 2.18 bits per heavy atom. The van der Waals surface area contributed by atoms with Crippen molar-refractivity contribution >= 4 is 52.1 Å². The normalized spacial score (nSPS) is 10.2. The van der Waals surface area contributed by atoms with Crippen LogP contribution in [0.2, 0.25) is 10.0 Å². The third kappa shape index (κ3) is 5.70. The monoisotopic (exact) mass is 430 g/mol. The number of anilines is 1. The van der Waals surface area contributed by atoms with Crippen LogP contribution in [0.4, 0.5) is 5.69 Å². The molecule has 0 fully saturated rings. The molecule has 7 heteroatoms. The van der Waals surface area contributed by atoms with Crippen LogP contribution >= 0.6 is 35.4 Å². The first-order valence-electron chi connectivity index (χ1n) is 8.35. The Morgan fingerprint density at radius 1 is 0.893 bits per heavy atom. The van der Waals surface area contributed by atoms with Crippen molar-refractivity contribution < 1.29 is 9.53 Å². The topological polar surface area (TPSA) is 50.4 Å². The molecular formula is C21H16Cl2N2O2S. The molecule has 0 aromatic heterocycles. The molecule has 0 aliphatic rings. The van der Waals surface area contributed by atoms with Crippen LogP contribution in [0.15, 0.2) is 72.8 Å². The van der Waals surface area contributed by atoms with Gasteiger partial charge in [0.25, 0.3) is 5.91 Å². The Morgan fingerprint density at radius 2 is 1.50 bits per heavy atom. The predicted octanol–water partition coefficient (Wildman–Crippen LogP) is 5.70. The van der Waals surface area contributed by atoms with Gasteiger partial charge in [-0.2, -0.15) is 0 Å². The maximum absolute atomic E-state index is 12.6. The number of ether oxygens (including phenoxy) is 1. The second-order valence-electron chi connectivity index (χ2n) is 5.81. The van der Waals surface area contributed by atoms with E-state index in [-0.39, 0.29) is 17.6 Å². The van der Waals surface area contributed by atoms with E-state index in [4.69, 9.17) is 40.2 Å². The van der Waals surface area contributed by atoms with Gasteiger partial charge in [-0.05, 0) is 66.8 Å². The van der Waals surface area contributed by atoms with Gasteiger partial charge in [0.05, 0.1) is 0 Å². The van der Waals surface area contributed by atoms with E-state index in [0.29, 0.717) is 21.4 Å². The van der Waals surface area contributed by atoms with E-state index in [2.05, 4.69) is 10.6 Å². The molecule has 142 valence electrons. The van der Waals surface area contributed by atoms with Crippen LogP contribution < -0.4 is 15.4 Å². The molecule has 28 heavy (non-hydrogen) atoms. The smallest absolute Gasteiger partial charge is 0.257 e. The van der Waals surface area contributed by atoms with Crippen molar-refractivity contribution in [3.8, 4) is 5.75 Å². The Kier molecular flexibility index (Phi) is 6.87. The van der Waals surface area contributed by atoms with Crippen LogP contribution in [0.3, 0.4) is 0 Å². The summed E-state index contributed by atoms with van der Waals surface area (Å²) in [4.78, 5) is 12.6. The van der Waals surface area contributed by atoms with E-state index >= 15 is 0 Å². The minimum Gasteiger partial charge on any atom is -0.489 e. The quantitative estimate of drug-likeness (QED) is 0.509. The Labute approximate surface area is 178 Å². The molecule has 0 aliphatic carbocycles. The third-order valence-electron chi connectivity index (χ3n) is 3.80. The molecule has 0 saturated heterocycles. The average molecular weight is 431 g/mol. The summed E-state index contributed by atoms with van der Waals surface area (Å²) in [5, 5.41) is 7.08. The van der Waals surface area contributed by atoms with Crippen molar-refractivity contribution in [1.82, 2.24) is 5.32 Å². The number of halogens is 2. The van der Waals surface area contributed by atoms with Crippen LogP contribution in [-0.2, 0) is 6.61 Å². The first kappa shape index (κ1) is 20.1. The van der Waals surface area contributed by atoms with Gasteiger partial charge < -0.3 is 10.1 Å². The number of hydrogen-bond acceptors (Lipinski definition) is 3. The standard InChI is InChI=1S/C21H16Cl2N2O2S/c22-15-5-9-17(10-6-15)24-21(28)25-20(26)19-4-2-1-3-14(19)13-27-18-11-7-16(23)8-12-18/h1-12H,13H2,(H2,24,25,26,28). The van der Waals surface area contributed by atoms with Crippen LogP contribution in [0, 0.1) is 0 Å². The molecule has 0 spiro atoms. The molecule has 3 aromatic carbocycles. The SMILES string of the molecule is O=C(NC(=S)Nc1ccc(Cl)cc1)c1ccccc1COc1ccc(Cl)cc1. The lowest BCUT2D eigenvalue weighted by Gasteiger charge is -2.13. The summed E-state index contributed by atoms with van der Waals surface area (Å²) in [5.41, 5.74) is 1.95. The highest BCUT2D eigenvalue weighted by molar-refractivity contribution is 7.80. The zero-order valence-corrected chi connectivity index (χ0v) is 16.9. The van der Waals surface area contributed by atoms with Crippen LogP contribution in [0.5, 0.6) is 5.75 Å². The minimum atomic E-state index is -0.318. The first-order chi connectivity index (χ1) is 13.5. The van der Waals surface area contributed by atoms with Gasteiger partial charge in [0, 0.05) is 26.9 Å². The van der Waals surface area contributed by atoms with Gasteiger partial charge in [-0.1, -0.05) is 41.4 Å². The number of nitrogens with one attached hydrogen (secondary N) is 2. The van der Waals surface area contributed by atoms with E-state index in [0.717, 1.165) is 11.3 Å². The van der Waals surface area contributed by atoms with Crippen molar-refractivity contribution in [3.63, 3.8) is 0 Å². The van der Waals surface area contributed by atoms with Crippen LogP contribution in [0.25, 0.3) is 0 Å². The Hall–Kier alpha value is -2.60. The lowest BCUT2D eigenvalue weighted by Crippen LogP contribution is -2.34. The summed E-state index contributed by atoms with van der Waals surface area (Å²) in [6, 6.07) is 21.2. The van der Waals surface area contributed by atoms with E-state index in [9.17, 15) is 4.79 Å². The minimum absolute atomic E-state index is 0.195. The molecule has 0 bridgehead atoms. The molecule has 1 amide bonds. The molecule has 0 aliphatic heterocycles. The van der Waals surface area contributed by atoms with Gasteiger partial charge in [-0.15, -0.1) is 0 Å². The van der Waals surface area contributed by atoms with Crippen molar-refractivity contribution in [2.24, 2.45) is 0 Å². The van der Waals surface area contributed by atoms with Gasteiger partial charge in [-0.25, -0.2) is 0 Å². The second-order valence-corrected chi connectivity index (χ2v) is 7.10. The number of carbonyl (C=O) groups excluding carboxylic acids is 1. The lowest BCUT2D eigenvalue weighted by molar-refractivity contribution is 0.0975. The Bertz CT molecular complexity index is 976. The van der Waals surface area contributed by atoms with Gasteiger partial charge in [0.15, 0.2) is 5.11 Å². The summed E-state index contributed by atoms with van der Waals surface area (Å²) in [5.74, 6) is 0.348. The number of hydrogen-bond donors (Lipinski definition) is 2. The largest absolute Gasteiger partial charge is 0.489 e. The highest BCUT2D eigenvalue weighted by Gasteiger charge is 2.13. The van der Waals surface area contributed by atoms with Gasteiger partial charge in [-0.3, -0.25) is 10.1 Å². The highest BCUT2D eigenvalue weighted by Crippen LogP contribution is 2.18. The fourth-order valence-electron chi connectivity index (χ4n) is 2.43. The van der Waals surface area contributed by atoms with Crippen LogP contribution in [-0.4, -0.2) is 11.0 Å². The molecule has 0 unspecified atom stereocenters. The second kappa shape index (κ2) is 9.55. The lowest BCUT2D eigenvalue weighted by atomic mass is 10.1. The maximum Gasteiger partial charge on any atom is 0.257 e. The van der Waals surface area contributed by atoms with Crippen molar-refractivity contribution in [2.45, 2.75) is 6.61 Å². The van der Waals surface area contributed by atoms with E-state index in [1.807, 2.05) is 12.1 Å². The molecular weight excluding hydrogens is 415 g/mol. The highest BCUT2D eigenvalue weighted by atomic mass is 35.5. The predicted molar refractivity (Wildman–Crippen MR) is 117 cm³/mol. The molecule has 0 radical (unpaired) electrons.